The van der Waals surface area contributed by atoms with Gasteiger partial charge in [0.15, 0.2) is 0 Å². The lowest BCUT2D eigenvalue weighted by Crippen LogP contribution is -2.06. The second kappa shape index (κ2) is 5.01. The number of nitrogens with zero attached hydrogens (tertiary/aromatic N) is 2. The van der Waals surface area contributed by atoms with E-state index in [0.717, 1.165) is 11.3 Å². The fourth-order valence-electron chi connectivity index (χ4n) is 1.26. The van der Waals surface area contributed by atoms with Crippen molar-refractivity contribution in [1.29, 1.82) is 5.26 Å². The van der Waals surface area contributed by atoms with Crippen LogP contribution in [0.2, 0.25) is 0 Å². The molecule has 0 saturated heterocycles. The first-order chi connectivity index (χ1) is 7.22. The predicted molar refractivity (Wildman–Crippen MR) is 56.2 cm³/mol. The van der Waals surface area contributed by atoms with Gasteiger partial charge in [-0.2, -0.15) is 5.26 Å². The van der Waals surface area contributed by atoms with Gasteiger partial charge in [0.1, 0.15) is 11.7 Å². The van der Waals surface area contributed by atoms with E-state index in [1.165, 1.54) is 0 Å². The molecule has 1 aromatic carbocycles. The Morgan fingerprint density at radius 3 is 2.47 bits per heavy atom. The fraction of sp³-hybridized carbons (Fsp3) is 0.273. The van der Waals surface area contributed by atoms with Gasteiger partial charge in [0, 0.05) is 0 Å². The number of methoxy groups -OCH3 is 1. The van der Waals surface area contributed by atoms with Crippen LogP contribution in [0.25, 0.3) is 0 Å². The third-order valence-corrected chi connectivity index (χ3v) is 2.15. The number of benzene rings is 1. The van der Waals surface area contributed by atoms with Crippen molar-refractivity contribution in [2.24, 2.45) is 5.16 Å². The van der Waals surface area contributed by atoms with E-state index in [1.54, 1.807) is 38.3 Å². The molecule has 1 N–H and O–H groups in total. The molecule has 0 aliphatic carbocycles. The largest absolute Gasteiger partial charge is 0.497 e. The first-order valence-electron chi connectivity index (χ1n) is 4.45. The second-order valence-electron chi connectivity index (χ2n) is 3.08. The van der Waals surface area contributed by atoms with Gasteiger partial charge in [0.05, 0.1) is 18.9 Å². The highest BCUT2D eigenvalue weighted by Crippen LogP contribution is 2.20. The smallest absolute Gasteiger partial charge is 0.118 e. The van der Waals surface area contributed by atoms with Crippen molar-refractivity contribution >= 4 is 5.71 Å². The zero-order valence-corrected chi connectivity index (χ0v) is 8.64. The van der Waals surface area contributed by atoms with Crippen LogP contribution in [0.5, 0.6) is 5.75 Å². The number of ether oxygens (including phenoxy) is 1. The van der Waals surface area contributed by atoms with E-state index in [2.05, 4.69) is 11.2 Å². The molecular formula is C11H12N2O2. The molecule has 1 rings (SSSR count). The molecule has 1 atom stereocenters. The molecule has 0 spiro atoms. The van der Waals surface area contributed by atoms with Crippen molar-refractivity contribution in [1.82, 2.24) is 0 Å². The predicted octanol–water partition coefficient (Wildman–Crippen LogP) is 2.15. The van der Waals surface area contributed by atoms with Crippen LogP contribution in [0.1, 0.15) is 18.4 Å². The van der Waals surface area contributed by atoms with Gasteiger partial charge in [-0.05, 0) is 24.6 Å². The van der Waals surface area contributed by atoms with Crippen LogP contribution in [-0.4, -0.2) is 18.0 Å². The molecule has 0 fully saturated rings. The molecule has 0 aliphatic heterocycles. The Bertz CT molecular complexity index is 390. The van der Waals surface area contributed by atoms with Crippen LogP contribution in [0.3, 0.4) is 0 Å². The van der Waals surface area contributed by atoms with Crippen LogP contribution in [0.4, 0.5) is 0 Å². The SMILES string of the molecule is COc1ccc(C(C#N)C(C)=NO)cc1. The highest BCUT2D eigenvalue weighted by atomic mass is 16.5. The highest BCUT2D eigenvalue weighted by Gasteiger charge is 2.14. The molecule has 0 saturated carbocycles. The summed E-state index contributed by atoms with van der Waals surface area (Å²) in [5, 5.41) is 20.6. The average Bonchev–Trinajstić information content (AvgIpc) is 2.30. The minimum Gasteiger partial charge on any atom is -0.497 e. The summed E-state index contributed by atoms with van der Waals surface area (Å²) < 4.78 is 5.01. The van der Waals surface area contributed by atoms with Gasteiger partial charge in [-0.25, -0.2) is 0 Å². The zero-order chi connectivity index (χ0) is 11.3. The maximum Gasteiger partial charge on any atom is 0.118 e. The quantitative estimate of drug-likeness (QED) is 0.466. The summed E-state index contributed by atoms with van der Waals surface area (Å²) >= 11 is 0. The minimum atomic E-state index is -0.513. The molecule has 0 amide bonds. The van der Waals surface area contributed by atoms with Gasteiger partial charge in [-0.15, -0.1) is 0 Å². The number of hydrogen-bond donors (Lipinski definition) is 1. The fourth-order valence-corrected chi connectivity index (χ4v) is 1.26. The Hall–Kier alpha value is -2.02. The zero-order valence-electron chi connectivity index (χ0n) is 8.64. The molecule has 4 heteroatoms. The summed E-state index contributed by atoms with van der Waals surface area (Å²) in [5.74, 6) is 0.218. The Morgan fingerprint density at radius 2 is 2.07 bits per heavy atom. The van der Waals surface area contributed by atoms with Crippen molar-refractivity contribution < 1.29 is 9.94 Å². The Morgan fingerprint density at radius 1 is 1.47 bits per heavy atom. The summed E-state index contributed by atoms with van der Waals surface area (Å²) in [4.78, 5) is 0. The van der Waals surface area contributed by atoms with Gasteiger partial charge in [-0.1, -0.05) is 17.3 Å². The van der Waals surface area contributed by atoms with Crippen molar-refractivity contribution in [2.75, 3.05) is 7.11 Å². The highest BCUT2D eigenvalue weighted by molar-refractivity contribution is 5.90. The summed E-state index contributed by atoms with van der Waals surface area (Å²) in [6.07, 6.45) is 0. The minimum absolute atomic E-state index is 0.377. The lowest BCUT2D eigenvalue weighted by atomic mass is 9.96. The number of rotatable bonds is 3. The Balaban J connectivity index is 2.99. The number of hydrogen-bond acceptors (Lipinski definition) is 4. The third kappa shape index (κ3) is 2.47. The van der Waals surface area contributed by atoms with Crippen molar-refractivity contribution in [2.45, 2.75) is 12.8 Å². The van der Waals surface area contributed by atoms with Gasteiger partial charge in [0.2, 0.25) is 0 Å². The topological polar surface area (TPSA) is 65.6 Å². The van der Waals surface area contributed by atoms with E-state index in [-0.39, 0.29) is 0 Å². The summed E-state index contributed by atoms with van der Waals surface area (Å²) in [6.45, 7) is 1.61. The molecule has 0 bridgehead atoms. The van der Waals surface area contributed by atoms with Crippen LogP contribution in [0, 0.1) is 11.3 Å². The molecule has 0 aliphatic rings. The maximum absolute atomic E-state index is 8.93. The molecule has 15 heavy (non-hydrogen) atoms. The molecule has 4 nitrogen and oxygen atoms in total. The first kappa shape index (κ1) is 11.1. The second-order valence-corrected chi connectivity index (χ2v) is 3.08. The molecule has 0 heterocycles. The van der Waals surface area contributed by atoms with Crippen molar-refractivity contribution in [3.8, 4) is 11.8 Å². The van der Waals surface area contributed by atoms with Gasteiger partial charge in [-0.3, -0.25) is 0 Å². The van der Waals surface area contributed by atoms with E-state index in [1.807, 2.05) is 0 Å². The van der Waals surface area contributed by atoms with Crippen LogP contribution >= 0.6 is 0 Å². The molecule has 0 aromatic heterocycles. The first-order valence-corrected chi connectivity index (χ1v) is 4.45. The van der Waals surface area contributed by atoms with E-state index in [9.17, 15) is 0 Å². The molecular weight excluding hydrogens is 192 g/mol. The van der Waals surface area contributed by atoms with Crippen molar-refractivity contribution in [3.63, 3.8) is 0 Å². The van der Waals surface area contributed by atoms with Crippen LogP contribution in [-0.2, 0) is 0 Å². The van der Waals surface area contributed by atoms with Crippen LogP contribution in [0.15, 0.2) is 29.4 Å². The van der Waals surface area contributed by atoms with E-state index in [0.29, 0.717) is 5.71 Å². The number of oxime groups is 1. The normalized spacial score (nSPS) is 13.0. The van der Waals surface area contributed by atoms with E-state index in [4.69, 9.17) is 15.2 Å². The summed E-state index contributed by atoms with van der Waals surface area (Å²) in [7, 11) is 1.58. The lowest BCUT2D eigenvalue weighted by Gasteiger charge is -2.08. The van der Waals surface area contributed by atoms with Gasteiger partial charge in [0.25, 0.3) is 0 Å². The third-order valence-electron chi connectivity index (χ3n) is 2.15. The number of nitriles is 1. The molecule has 0 radical (unpaired) electrons. The molecule has 78 valence electrons. The van der Waals surface area contributed by atoms with E-state index < -0.39 is 5.92 Å². The summed E-state index contributed by atoms with van der Waals surface area (Å²) in [6, 6.07) is 9.17. The van der Waals surface area contributed by atoms with Crippen molar-refractivity contribution in [3.05, 3.63) is 29.8 Å². The maximum atomic E-state index is 8.93. The lowest BCUT2D eigenvalue weighted by molar-refractivity contribution is 0.317. The average molecular weight is 204 g/mol. The van der Waals surface area contributed by atoms with Crippen LogP contribution < -0.4 is 4.74 Å². The Kier molecular flexibility index (Phi) is 3.69. The van der Waals surface area contributed by atoms with Gasteiger partial charge < -0.3 is 9.94 Å². The monoisotopic (exact) mass is 204 g/mol. The van der Waals surface area contributed by atoms with Gasteiger partial charge >= 0.3 is 0 Å². The molecule has 1 aromatic rings. The Labute approximate surface area is 88.4 Å². The molecule has 1 unspecified atom stereocenters. The summed E-state index contributed by atoms with van der Waals surface area (Å²) in [5.41, 5.74) is 1.16. The standard InChI is InChI=1S/C11H12N2O2/c1-8(13-14)11(7-12)9-3-5-10(15-2)6-4-9/h3-6,11,14H,1-2H3. The van der Waals surface area contributed by atoms with E-state index >= 15 is 0 Å².